The molecule has 10 heteroatoms. The Morgan fingerprint density at radius 2 is 1.76 bits per heavy atom. The molecule has 0 saturated carbocycles. The molecule has 170 valence electrons. The Morgan fingerprint density at radius 1 is 1.00 bits per heavy atom. The van der Waals surface area contributed by atoms with Crippen molar-refractivity contribution in [3.05, 3.63) is 83.4 Å². The van der Waals surface area contributed by atoms with Gasteiger partial charge in [-0.15, -0.1) is 0 Å². The van der Waals surface area contributed by atoms with Crippen molar-refractivity contribution >= 4 is 33.2 Å². The first kappa shape index (κ1) is 22.7. The lowest BCUT2D eigenvalue weighted by Gasteiger charge is -2.09. The smallest absolute Gasteiger partial charge is 0.338 e. The molecule has 0 atom stereocenters. The number of nitrogens with one attached hydrogen (secondary N) is 2. The monoisotopic (exact) mass is 475 g/mol. The van der Waals surface area contributed by atoms with Crippen molar-refractivity contribution in [2.75, 3.05) is 7.05 Å². The zero-order chi connectivity index (χ0) is 23.8. The number of aromatic amines is 1. The maximum Gasteiger partial charge on any atom is 0.419 e. The minimum atomic E-state index is -4.76. The highest BCUT2D eigenvalue weighted by molar-refractivity contribution is 7.89. The Bertz CT molecular complexity index is 1470. The van der Waals surface area contributed by atoms with E-state index >= 15 is 0 Å². The number of imidazole rings is 1. The number of benzene rings is 3. The average Bonchev–Trinajstić information content (AvgIpc) is 3.19. The van der Waals surface area contributed by atoms with Gasteiger partial charge >= 0.3 is 6.18 Å². The zero-order valence-electron chi connectivity index (χ0n) is 17.1. The second kappa shape index (κ2) is 8.45. The minimum Gasteiger partial charge on any atom is -0.338 e. The number of sulfonamides is 1. The summed E-state index contributed by atoms with van der Waals surface area (Å²) in [5.41, 5.74) is 1.30. The van der Waals surface area contributed by atoms with E-state index in [-0.39, 0.29) is 10.5 Å². The summed E-state index contributed by atoms with van der Waals surface area (Å²) in [7, 11) is -2.33. The van der Waals surface area contributed by atoms with E-state index in [0.29, 0.717) is 34.1 Å². The summed E-state index contributed by atoms with van der Waals surface area (Å²) in [5, 5.41) is 0. The third-order valence-corrected chi connectivity index (χ3v) is 6.46. The van der Waals surface area contributed by atoms with E-state index in [9.17, 15) is 26.0 Å². The van der Waals surface area contributed by atoms with Gasteiger partial charge in [-0.25, -0.2) is 22.5 Å². The van der Waals surface area contributed by atoms with Crippen LogP contribution in [0.15, 0.2) is 65.6 Å². The topological polar surface area (TPSA) is 74.8 Å². The van der Waals surface area contributed by atoms with Crippen molar-refractivity contribution in [2.45, 2.75) is 11.1 Å². The van der Waals surface area contributed by atoms with E-state index in [2.05, 4.69) is 14.7 Å². The lowest BCUT2D eigenvalue weighted by molar-refractivity contribution is -0.140. The maximum atomic E-state index is 13.8. The number of rotatable bonds is 5. The molecular weight excluding hydrogens is 458 g/mol. The van der Waals surface area contributed by atoms with E-state index in [4.69, 9.17) is 0 Å². The van der Waals surface area contributed by atoms with Gasteiger partial charge in [0.05, 0.1) is 21.5 Å². The summed E-state index contributed by atoms with van der Waals surface area (Å²) in [6, 6.07) is 14.5. The Labute approximate surface area is 186 Å². The van der Waals surface area contributed by atoms with Gasteiger partial charge in [0.1, 0.15) is 11.6 Å². The fourth-order valence-corrected chi connectivity index (χ4v) is 4.31. The van der Waals surface area contributed by atoms with E-state index in [1.165, 1.54) is 31.3 Å². The first-order chi connectivity index (χ1) is 15.6. The van der Waals surface area contributed by atoms with Gasteiger partial charge in [-0.2, -0.15) is 13.2 Å². The largest absolute Gasteiger partial charge is 0.419 e. The summed E-state index contributed by atoms with van der Waals surface area (Å²) in [6.07, 6.45) is -1.80. The Hall–Kier alpha value is -3.50. The summed E-state index contributed by atoms with van der Waals surface area (Å²) in [4.78, 5) is 7.60. The molecule has 0 radical (unpaired) electrons. The SMILES string of the molecule is CNS(=O)(=O)c1ccccc1-c1ccc2[nH]c(/C=C/c3ccc(C(F)(F)F)c(F)c3)nc2c1. The molecule has 1 heterocycles. The number of halogens is 4. The number of alkyl halides is 3. The van der Waals surface area contributed by atoms with Crippen molar-refractivity contribution in [3.63, 3.8) is 0 Å². The Balaban J connectivity index is 1.66. The molecule has 4 aromatic rings. The summed E-state index contributed by atoms with van der Waals surface area (Å²) in [6.45, 7) is 0. The molecule has 0 amide bonds. The molecule has 0 unspecified atom stereocenters. The molecule has 2 N–H and O–H groups in total. The van der Waals surface area contributed by atoms with Gasteiger partial charge in [-0.3, -0.25) is 0 Å². The molecule has 0 aliphatic carbocycles. The zero-order valence-corrected chi connectivity index (χ0v) is 17.9. The van der Waals surface area contributed by atoms with Crippen molar-refractivity contribution in [2.24, 2.45) is 0 Å². The number of hydrogen-bond donors (Lipinski definition) is 2. The van der Waals surface area contributed by atoms with Crippen LogP contribution in [0.4, 0.5) is 17.6 Å². The van der Waals surface area contributed by atoms with Gasteiger partial charge in [-0.1, -0.05) is 36.4 Å². The third kappa shape index (κ3) is 4.67. The summed E-state index contributed by atoms with van der Waals surface area (Å²) >= 11 is 0. The van der Waals surface area contributed by atoms with E-state index in [1.54, 1.807) is 36.4 Å². The lowest BCUT2D eigenvalue weighted by Crippen LogP contribution is -2.19. The first-order valence-corrected chi connectivity index (χ1v) is 11.1. The van der Waals surface area contributed by atoms with Crippen LogP contribution >= 0.6 is 0 Å². The third-order valence-electron chi connectivity index (χ3n) is 4.99. The normalized spacial score (nSPS) is 12.6. The van der Waals surface area contributed by atoms with E-state index in [1.807, 2.05) is 0 Å². The quantitative estimate of drug-likeness (QED) is 0.376. The van der Waals surface area contributed by atoms with Crippen LogP contribution in [-0.4, -0.2) is 25.4 Å². The molecule has 1 aromatic heterocycles. The fourth-order valence-electron chi connectivity index (χ4n) is 3.36. The second-order valence-electron chi connectivity index (χ2n) is 7.13. The highest BCUT2D eigenvalue weighted by atomic mass is 32.2. The van der Waals surface area contributed by atoms with Crippen molar-refractivity contribution in [3.8, 4) is 11.1 Å². The number of aromatic nitrogens is 2. The van der Waals surface area contributed by atoms with E-state index in [0.717, 1.165) is 6.07 Å². The Kier molecular flexibility index (Phi) is 5.81. The van der Waals surface area contributed by atoms with Crippen LogP contribution in [-0.2, 0) is 16.2 Å². The molecule has 0 fully saturated rings. The summed E-state index contributed by atoms with van der Waals surface area (Å²) in [5.74, 6) is -0.951. The molecule has 0 aliphatic rings. The lowest BCUT2D eigenvalue weighted by atomic mass is 10.1. The van der Waals surface area contributed by atoms with Crippen molar-refractivity contribution in [1.82, 2.24) is 14.7 Å². The number of nitrogens with zero attached hydrogens (tertiary/aromatic N) is 1. The number of fused-ring (bicyclic) bond motifs is 1. The highest BCUT2D eigenvalue weighted by Gasteiger charge is 2.33. The van der Waals surface area contributed by atoms with Gasteiger partial charge in [-0.05, 0) is 54.6 Å². The molecule has 0 saturated heterocycles. The van der Waals surface area contributed by atoms with Gasteiger partial charge in [0.15, 0.2) is 0 Å². The van der Waals surface area contributed by atoms with Crippen LogP contribution in [0.1, 0.15) is 17.0 Å². The average molecular weight is 475 g/mol. The fraction of sp³-hybridized carbons (Fsp3) is 0.0870. The standard InChI is InChI=1S/C23H17F4N3O2S/c1-28-33(31,32)21-5-3-2-4-16(21)15-8-10-19-20(13-15)30-22(29-19)11-7-14-6-9-17(18(24)12-14)23(25,26)27/h2-13,28H,1H3,(H,29,30)/b11-7+. The number of H-pyrrole nitrogens is 1. The van der Waals surface area contributed by atoms with Crippen LogP contribution in [0.5, 0.6) is 0 Å². The van der Waals surface area contributed by atoms with Crippen molar-refractivity contribution < 1.29 is 26.0 Å². The molecular formula is C23H17F4N3O2S. The van der Waals surface area contributed by atoms with Crippen LogP contribution in [0.2, 0.25) is 0 Å². The van der Waals surface area contributed by atoms with Gasteiger partial charge < -0.3 is 4.98 Å². The van der Waals surface area contributed by atoms with Crippen LogP contribution < -0.4 is 4.72 Å². The van der Waals surface area contributed by atoms with Crippen molar-refractivity contribution in [1.29, 1.82) is 0 Å². The highest BCUT2D eigenvalue weighted by Crippen LogP contribution is 2.32. The summed E-state index contributed by atoms with van der Waals surface area (Å²) < 4.78 is 78.9. The van der Waals surface area contributed by atoms with Gasteiger partial charge in [0.2, 0.25) is 10.0 Å². The predicted molar refractivity (Wildman–Crippen MR) is 118 cm³/mol. The molecule has 33 heavy (non-hydrogen) atoms. The molecule has 0 aliphatic heterocycles. The second-order valence-corrected chi connectivity index (χ2v) is 8.98. The predicted octanol–water partition coefficient (Wildman–Crippen LogP) is 5.47. The maximum absolute atomic E-state index is 13.8. The van der Waals surface area contributed by atoms with Gasteiger partial charge in [0.25, 0.3) is 0 Å². The van der Waals surface area contributed by atoms with Crippen LogP contribution in [0.25, 0.3) is 34.3 Å². The number of hydrogen-bond acceptors (Lipinski definition) is 3. The molecule has 5 nitrogen and oxygen atoms in total. The van der Waals surface area contributed by atoms with Gasteiger partial charge in [0, 0.05) is 5.56 Å². The molecule has 4 rings (SSSR count). The Morgan fingerprint density at radius 3 is 2.45 bits per heavy atom. The molecule has 3 aromatic carbocycles. The van der Waals surface area contributed by atoms with Crippen LogP contribution in [0.3, 0.4) is 0 Å². The molecule has 0 bridgehead atoms. The minimum absolute atomic E-state index is 0.131. The van der Waals surface area contributed by atoms with Crippen LogP contribution in [0, 0.1) is 5.82 Å². The first-order valence-electron chi connectivity index (χ1n) is 9.66. The van der Waals surface area contributed by atoms with E-state index < -0.39 is 27.6 Å². The molecule has 0 spiro atoms.